The first kappa shape index (κ1) is 18.9. The van der Waals surface area contributed by atoms with Gasteiger partial charge in [-0.05, 0) is 52.0 Å². The van der Waals surface area contributed by atoms with Crippen molar-refractivity contribution in [2.45, 2.75) is 46.1 Å². The molecule has 0 aromatic rings. The molecule has 0 heterocycles. The lowest BCUT2D eigenvalue weighted by Crippen LogP contribution is -2.45. The summed E-state index contributed by atoms with van der Waals surface area (Å²) < 4.78 is 11.1. The minimum Gasteiger partial charge on any atom is -0.380 e. The molecule has 1 aliphatic rings. The van der Waals surface area contributed by atoms with Crippen LogP contribution in [0, 0.1) is 11.8 Å². The number of rotatable bonds is 11. The Bertz CT molecular complexity index is 241. The van der Waals surface area contributed by atoms with E-state index in [1.807, 2.05) is 0 Å². The molecule has 0 aromatic heterocycles. The number of nitrogens with one attached hydrogen (secondary N) is 1. The summed E-state index contributed by atoms with van der Waals surface area (Å²) in [6.07, 6.45) is 4.01. The van der Waals surface area contributed by atoms with E-state index in [1.165, 1.54) is 19.3 Å². The second kappa shape index (κ2) is 11.4. The van der Waals surface area contributed by atoms with Crippen molar-refractivity contribution in [3.63, 3.8) is 0 Å². The van der Waals surface area contributed by atoms with Crippen LogP contribution in [-0.2, 0) is 9.47 Å². The Morgan fingerprint density at radius 2 is 1.67 bits per heavy atom. The minimum atomic E-state index is 0.669. The minimum absolute atomic E-state index is 0.669. The molecule has 0 aliphatic heterocycles. The highest BCUT2D eigenvalue weighted by molar-refractivity contribution is 4.84. The lowest BCUT2D eigenvalue weighted by Gasteiger charge is -2.38. The zero-order chi connectivity index (χ0) is 15.5. The number of ether oxygens (including phenoxy) is 2. The molecule has 1 rings (SSSR count). The van der Waals surface area contributed by atoms with Crippen LogP contribution in [0.2, 0.25) is 0 Å². The van der Waals surface area contributed by atoms with Crippen molar-refractivity contribution in [2.24, 2.45) is 11.8 Å². The summed E-state index contributed by atoms with van der Waals surface area (Å²) in [6, 6.07) is 0.669. The third kappa shape index (κ3) is 7.59. The second-order valence-corrected chi connectivity index (χ2v) is 6.27. The first-order valence-electron chi connectivity index (χ1n) is 8.76. The Hall–Kier alpha value is -0.160. The molecule has 1 aliphatic carbocycles. The van der Waals surface area contributed by atoms with Crippen LogP contribution in [0.5, 0.6) is 0 Å². The molecule has 0 bridgehead atoms. The fourth-order valence-corrected chi connectivity index (χ4v) is 3.38. The molecule has 4 heteroatoms. The Balaban J connectivity index is 2.46. The fourth-order valence-electron chi connectivity index (χ4n) is 3.38. The highest BCUT2D eigenvalue weighted by Gasteiger charge is 2.28. The number of hydrogen-bond donors (Lipinski definition) is 1. The van der Waals surface area contributed by atoms with Gasteiger partial charge in [-0.15, -0.1) is 0 Å². The molecule has 3 atom stereocenters. The maximum absolute atomic E-state index is 5.54. The van der Waals surface area contributed by atoms with E-state index in [1.54, 1.807) is 0 Å². The van der Waals surface area contributed by atoms with Crippen molar-refractivity contribution in [3.05, 3.63) is 0 Å². The predicted molar refractivity (Wildman–Crippen MR) is 88.8 cm³/mol. The van der Waals surface area contributed by atoms with E-state index in [0.29, 0.717) is 6.04 Å². The van der Waals surface area contributed by atoms with Gasteiger partial charge in [-0.25, -0.2) is 0 Å². The quantitative estimate of drug-likeness (QED) is 0.594. The molecule has 126 valence electrons. The lowest BCUT2D eigenvalue weighted by atomic mass is 9.78. The van der Waals surface area contributed by atoms with E-state index in [2.05, 4.69) is 38.0 Å². The van der Waals surface area contributed by atoms with E-state index in [0.717, 1.165) is 57.9 Å². The number of hydrogen-bond acceptors (Lipinski definition) is 4. The summed E-state index contributed by atoms with van der Waals surface area (Å²) in [4.78, 5) is 2.53. The van der Waals surface area contributed by atoms with Crippen molar-refractivity contribution in [2.75, 3.05) is 53.1 Å². The molecular formula is C17H36N2O2. The summed E-state index contributed by atoms with van der Waals surface area (Å²) in [6.45, 7) is 13.0. The molecule has 0 radical (unpaired) electrons. The zero-order valence-electron chi connectivity index (χ0n) is 14.6. The summed E-state index contributed by atoms with van der Waals surface area (Å²) >= 11 is 0. The SMILES string of the molecule is CCOCCN(CCOCC)CC1CC(C)CCC1NC. The van der Waals surface area contributed by atoms with Crippen molar-refractivity contribution >= 4 is 0 Å². The van der Waals surface area contributed by atoms with E-state index in [9.17, 15) is 0 Å². The van der Waals surface area contributed by atoms with Gasteiger partial charge in [0.25, 0.3) is 0 Å². The largest absolute Gasteiger partial charge is 0.380 e. The van der Waals surface area contributed by atoms with E-state index in [-0.39, 0.29) is 0 Å². The predicted octanol–water partition coefficient (Wildman–Crippen LogP) is 2.39. The third-order valence-corrected chi connectivity index (χ3v) is 4.62. The molecule has 0 spiro atoms. The summed E-state index contributed by atoms with van der Waals surface area (Å²) in [5.74, 6) is 1.61. The van der Waals surface area contributed by atoms with E-state index >= 15 is 0 Å². The Morgan fingerprint density at radius 1 is 1.05 bits per heavy atom. The monoisotopic (exact) mass is 300 g/mol. The van der Waals surface area contributed by atoms with Crippen molar-refractivity contribution in [1.29, 1.82) is 0 Å². The molecule has 1 N–H and O–H groups in total. The first-order chi connectivity index (χ1) is 10.2. The Kier molecular flexibility index (Phi) is 10.3. The van der Waals surface area contributed by atoms with E-state index in [4.69, 9.17) is 9.47 Å². The molecule has 0 aromatic carbocycles. The molecule has 1 fully saturated rings. The van der Waals surface area contributed by atoms with Crippen LogP contribution in [0.4, 0.5) is 0 Å². The van der Waals surface area contributed by atoms with Crippen LogP contribution in [0.3, 0.4) is 0 Å². The molecule has 4 nitrogen and oxygen atoms in total. The highest BCUT2D eigenvalue weighted by Crippen LogP contribution is 2.29. The van der Waals surface area contributed by atoms with Crippen LogP contribution < -0.4 is 5.32 Å². The van der Waals surface area contributed by atoms with Gasteiger partial charge in [0.15, 0.2) is 0 Å². The zero-order valence-corrected chi connectivity index (χ0v) is 14.6. The molecule has 0 amide bonds. The van der Waals surface area contributed by atoms with Crippen LogP contribution in [0.25, 0.3) is 0 Å². The molecule has 0 saturated heterocycles. The van der Waals surface area contributed by atoms with Crippen LogP contribution >= 0.6 is 0 Å². The summed E-state index contributed by atoms with van der Waals surface area (Å²) in [5, 5.41) is 3.53. The van der Waals surface area contributed by atoms with Gasteiger partial charge < -0.3 is 14.8 Å². The number of nitrogens with zero attached hydrogens (tertiary/aromatic N) is 1. The van der Waals surface area contributed by atoms with Gasteiger partial charge in [0.2, 0.25) is 0 Å². The van der Waals surface area contributed by atoms with Gasteiger partial charge in [0.05, 0.1) is 13.2 Å². The molecule has 21 heavy (non-hydrogen) atoms. The lowest BCUT2D eigenvalue weighted by molar-refractivity contribution is 0.0643. The maximum atomic E-state index is 5.54. The van der Waals surface area contributed by atoms with Gasteiger partial charge in [-0.1, -0.05) is 6.92 Å². The summed E-state index contributed by atoms with van der Waals surface area (Å²) in [5.41, 5.74) is 0. The van der Waals surface area contributed by atoms with Gasteiger partial charge in [-0.2, -0.15) is 0 Å². The van der Waals surface area contributed by atoms with E-state index < -0.39 is 0 Å². The van der Waals surface area contributed by atoms with Crippen molar-refractivity contribution < 1.29 is 9.47 Å². The van der Waals surface area contributed by atoms with Gasteiger partial charge in [0, 0.05) is 38.9 Å². The average Bonchev–Trinajstić information content (AvgIpc) is 2.48. The Morgan fingerprint density at radius 3 is 2.19 bits per heavy atom. The van der Waals surface area contributed by atoms with Crippen LogP contribution in [0.1, 0.15) is 40.0 Å². The summed E-state index contributed by atoms with van der Waals surface area (Å²) in [7, 11) is 2.11. The van der Waals surface area contributed by atoms with Crippen molar-refractivity contribution in [1.82, 2.24) is 10.2 Å². The molecule has 1 saturated carbocycles. The van der Waals surface area contributed by atoms with Gasteiger partial charge >= 0.3 is 0 Å². The normalized spacial score (nSPS) is 26.4. The maximum Gasteiger partial charge on any atom is 0.0593 e. The molecular weight excluding hydrogens is 264 g/mol. The highest BCUT2D eigenvalue weighted by atomic mass is 16.5. The van der Waals surface area contributed by atoms with Crippen LogP contribution in [0.15, 0.2) is 0 Å². The third-order valence-electron chi connectivity index (χ3n) is 4.62. The smallest absolute Gasteiger partial charge is 0.0593 e. The van der Waals surface area contributed by atoms with Crippen LogP contribution in [-0.4, -0.2) is 64.1 Å². The first-order valence-corrected chi connectivity index (χ1v) is 8.76. The van der Waals surface area contributed by atoms with Gasteiger partial charge in [-0.3, -0.25) is 4.90 Å². The molecule has 3 unspecified atom stereocenters. The van der Waals surface area contributed by atoms with Crippen molar-refractivity contribution in [3.8, 4) is 0 Å². The average molecular weight is 300 g/mol. The fraction of sp³-hybridized carbons (Fsp3) is 1.00. The second-order valence-electron chi connectivity index (χ2n) is 6.27. The standard InChI is InChI=1S/C17H36N2O2/c1-5-20-11-9-19(10-12-21-6-2)14-16-13-15(3)7-8-17(16)18-4/h15-18H,5-14H2,1-4H3. The van der Waals surface area contributed by atoms with Gasteiger partial charge in [0.1, 0.15) is 0 Å². The topological polar surface area (TPSA) is 33.7 Å². The Labute approximate surface area is 131 Å².